The van der Waals surface area contributed by atoms with Crippen LogP contribution in [0.2, 0.25) is 0 Å². The van der Waals surface area contributed by atoms with Crippen LogP contribution in [0.1, 0.15) is 17.0 Å². The summed E-state index contributed by atoms with van der Waals surface area (Å²) >= 11 is 3.23. The summed E-state index contributed by atoms with van der Waals surface area (Å²) in [4.78, 5) is 11.5. The predicted octanol–water partition coefficient (Wildman–Crippen LogP) is 3.57. The number of carboxylic acids is 1. The van der Waals surface area contributed by atoms with E-state index >= 15 is 0 Å². The largest absolute Gasteiger partial charge is 0.507 e. The molecule has 2 N–H and O–H groups in total. The number of aromatic hydroxyl groups is 1. The second-order valence-electron chi connectivity index (χ2n) is 4.65. The minimum atomic E-state index is -0.885. The van der Waals surface area contributed by atoms with Gasteiger partial charge in [0, 0.05) is 0 Å². The van der Waals surface area contributed by atoms with Crippen molar-refractivity contribution in [3.63, 3.8) is 0 Å². The minimum absolute atomic E-state index is 0.134. The molecule has 110 valence electrons. The molecule has 2 aromatic carbocycles. The number of aliphatic carboxylic acids is 1. The third-order valence-electron chi connectivity index (χ3n) is 3.27. The lowest BCUT2D eigenvalue weighted by Crippen LogP contribution is -2.14. The Balaban J connectivity index is 2.26. The van der Waals surface area contributed by atoms with Crippen molar-refractivity contribution in [2.45, 2.75) is 12.3 Å². The maximum Gasteiger partial charge on any atom is 0.311 e. The molecule has 2 aromatic rings. The van der Waals surface area contributed by atoms with Gasteiger partial charge in [-0.25, -0.2) is 0 Å². The van der Waals surface area contributed by atoms with Gasteiger partial charge in [-0.05, 0) is 57.7 Å². The Labute approximate surface area is 131 Å². The minimum Gasteiger partial charge on any atom is -0.507 e. The number of methoxy groups -OCH3 is 1. The fourth-order valence-electron chi connectivity index (χ4n) is 2.10. The summed E-state index contributed by atoms with van der Waals surface area (Å²) in [5.74, 6) is -0.706. The highest BCUT2D eigenvalue weighted by molar-refractivity contribution is 9.10. The number of phenols is 1. The zero-order chi connectivity index (χ0) is 15.4. The van der Waals surface area contributed by atoms with Crippen molar-refractivity contribution in [2.24, 2.45) is 0 Å². The molecular formula is C16H15BrO4. The number of hydrogen-bond donors (Lipinski definition) is 2. The molecule has 0 saturated heterocycles. The van der Waals surface area contributed by atoms with Crippen LogP contribution in [0.5, 0.6) is 11.5 Å². The van der Waals surface area contributed by atoms with Crippen molar-refractivity contribution >= 4 is 21.9 Å². The Hall–Kier alpha value is -2.01. The molecule has 4 nitrogen and oxygen atoms in total. The van der Waals surface area contributed by atoms with Crippen molar-refractivity contribution in [2.75, 3.05) is 7.11 Å². The monoisotopic (exact) mass is 350 g/mol. The molecular weight excluding hydrogens is 336 g/mol. The molecule has 21 heavy (non-hydrogen) atoms. The molecule has 0 amide bonds. The Kier molecular flexibility index (Phi) is 4.85. The average Bonchev–Trinajstić information content (AvgIpc) is 2.48. The summed E-state index contributed by atoms with van der Waals surface area (Å²) in [5.41, 5.74) is 1.55. The molecule has 0 aliphatic carbocycles. The summed E-state index contributed by atoms with van der Waals surface area (Å²) in [6.45, 7) is 0. The third kappa shape index (κ3) is 3.76. The van der Waals surface area contributed by atoms with Crippen LogP contribution in [0.4, 0.5) is 0 Å². The van der Waals surface area contributed by atoms with E-state index in [9.17, 15) is 15.0 Å². The van der Waals surface area contributed by atoms with E-state index in [0.717, 1.165) is 5.56 Å². The fraction of sp³-hybridized carbons (Fsp3) is 0.188. The van der Waals surface area contributed by atoms with Gasteiger partial charge in [0.15, 0.2) is 0 Å². The number of hydrogen-bond acceptors (Lipinski definition) is 3. The highest BCUT2D eigenvalue weighted by Gasteiger charge is 2.20. The van der Waals surface area contributed by atoms with Crippen LogP contribution in [-0.2, 0) is 11.2 Å². The van der Waals surface area contributed by atoms with Gasteiger partial charge < -0.3 is 14.9 Å². The van der Waals surface area contributed by atoms with Gasteiger partial charge in [-0.3, -0.25) is 4.79 Å². The first-order valence-electron chi connectivity index (χ1n) is 6.35. The number of carbonyl (C=O) groups is 1. The normalized spacial score (nSPS) is 11.9. The summed E-state index contributed by atoms with van der Waals surface area (Å²) in [6.07, 6.45) is 0.348. The third-order valence-corrected chi connectivity index (χ3v) is 3.90. The molecule has 0 heterocycles. The molecule has 0 saturated carbocycles. The Morgan fingerprint density at radius 1 is 1.24 bits per heavy atom. The fourth-order valence-corrected chi connectivity index (χ4v) is 2.52. The number of rotatable bonds is 5. The Morgan fingerprint density at radius 2 is 1.90 bits per heavy atom. The lowest BCUT2D eigenvalue weighted by atomic mass is 9.92. The molecule has 0 radical (unpaired) electrons. The number of halogens is 1. The van der Waals surface area contributed by atoms with Gasteiger partial charge in [0.2, 0.25) is 0 Å². The zero-order valence-electron chi connectivity index (χ0n) is 11.4. The molecule has 0 aromatic heterocycles. The molecule has 0 fully saturated rings. The van der Waals surface area contributed by atoms with Gasteiger partial charge in [0.05, 0.1) is 17.5 Å². The van der Waals surface area contributed by atoms with Gasteiger partial charge in [-0.1, -0.05) is 18.2 Å². The first kappa shape index (κ1) is 15.4. The highest BCUT2D eigenvalue weighted by Crippen LogP contribution is 2.28. The maximum atomic E-state index is 11.5. The Bertz CT molecular complexity index is 637. The predicted molar refractivity (Wildman–Crippen MR) is 82.9 cm³/mol. The number of ether oxygens (including phenoxy) is 1. The van der Waals surface area contributed by atoms with Gasteiger partial charge in [-0.15, -0.1) is 0 Å². The number of carboxylic acid groups (broad SMARTS) is 1. The molecule has 1 unspecified atom stereocenters. The molecule has 0 aliphatic rings. The van der Waals surface area contributed by atoms with Gasteiger partial charge in [0.25, 0.3) is 0 Å². The second-order valence-corrected chi connectivity index (χ2v) is 5.51. The van der Waals surface area contributed by atoms with Crippen LogP contribution in [0.15, 0.2) is 46.9 Å². The van der Waals surface area contributed by atoms with Crippen molar-refractivity contribution in [1.82, 2.24) is 0 Å². The van der Waals surface area contributed by atoms with Crippen LogP contribution < -0.4 is 4.74 Å². The lowest BCUT2D eigenvalue weighted by molar-refractivity contribution is -0.138. The van der Waals surface area contributed by atoms with Crippen molar-refractivity contribution in [3.8, 4) is 11.5 Å². The Morgan fingerprint density at radius 3 is 2.43 bits per heavy atom. The summed E-state index contributed by atoms with van der Waals surface area (Å²) < 4.78 is 5.63. The zero-order valence-corrected chi connectivity index (χ0v) is 13.0. The van der Waals surface area contributed by atoms with Crippen molar-refractivity contribution in [3.05, 3.63) is 58.1 Å². The first-order chi connectivity index (χ1) is 10.0. The van der Waals surface area contributed by atoms with Crippen LogP contribution in [0.25, 0.3) is 0 Å². The topological polar surface area (TPSA) is 66.8 Å². The van der Waals surface area contributed by atoms with Crippen molar-refractivity contribution in [1.29, 1.82) is 0 Å². The lowest BCUT2D eigenvalue weighted by Gasteiger charge is -2.14. The maximum absolute atomic E-state index is 11.5. The van der Waals surface area contributed by atoms with Gasteiger partial charge in [-0.2, -0.15) is 0 Å². The highest BCUT2D eigenvalue weighted by atomic mass is 79.9. The van der Waals surface area contributed by atoms with E-state index in [2.05, 4.69) is 15.9 Å². The van der Waals surface area contributed by atoms with E-state index in [0.29, 0.717) is 22.2 Å². The van der Waals surface area contributed by atoms with E-state index in [4.69, 9.17) is 4.74 Å². The summed E-state index contributed by atoms with van der Waals surface area (Å²) in [7, 11) is 1.57. The van der Waals surface area contributed by atoms with E-state index in [1.165, 1.54) is 0 Å². The molecule has 0 aliphatic heterocycles. The summed E-state index contributed by atoms with van der Waals surface area (Å²) in [6, 6.07) is 12.0. The SMILES string of the molecule is COc1ccc(C(Cc2ccc(O)c(Br)c2)C(=O)O)cc1. The van der Waals surface area contributed by atoms with Crippen LogP contribution in [0, 0.1) is 0 Å². The molecule has 2 rings (SSSR count). The molecule has 1 atom stereocenters. The summed E-state index contributed by atoms with van der Waals surface area (Å²) in [5, 5.41) is 18.9. The van der Waals surface area contributed by atoms with E-state index in [1.54, 1.807) is 49.6 Å². The van der Waals surface area contributed by atoms with Crippen molar-refractivity contribution < 1.29 is 19.7 Å². The smallest absolute Gasteiger partial charge is 0.311 e. The standard InChI is InChI=1S/C16H15BrO4/c1-21-12-5-3-11(4-6-12)13(16(19)20)8-10-2-7-15(18)14(17)9-10/h2-7,9,13,18H,8H2,1H3,(H,19,20). The first-order valence-corrected chi connectivity index (χ1v) is 7.14. The van der Waals surface area contributed by atoms with E-state index in [1.807, 2.05) is 0 Å². The van der Waals surface area contributed by atoms with E-state index in [-0.39, 0.29) is 5.75 Å². The quantitative estimate of drug-likeness (QED) is 0.864. The number of benzene rings is 2. The van der Waals surface area contributed by atoms with Gasteiger partial charge >= 0.3 is 5.97 Å². The molecule has 0 spiro atoms. The van der Waals surface area contributed by atoms with Crippen LogP contribution in [-0.4, -0.2) is 23.3 Å². The van der Waals surface area contributed by atoms with Crippen LogP contribution in [0.3, 0.4) is 0 Å². The molecule has 5 heteroatoms. The molecule has 0 bridgehead atoms. The van der Waals surface area contributed by atoms with E-state index < -0.39 is 11.9 Å². The number of phenolic OH excluding ortho intramolecular Hbond substituents is 1. The van der Waals surface area contributed by atoms with Gasteiger partial charge in [0.1, 0.15) is 11.5 Å². The second kappa shape index (κ2) is 6.63. The van der Waals surface area contributed by atoms with Crippen LogP contribution >= 0.6 is 15.9 Å². The average molecular weight is 351 g/mol.